The van der Waals surface area contributed by atoms with E-state index in [4.69, 9.17) is 9.72 Å². The van der Waals surface area contributed by atoms with Crippen LogP contribution in [0.2, 0.25) is 0 Å². The van der Waals surface area contributed by atoms with Crippen LogP contribution < -0.4 is 5.32 Å². The predicted octanol–water partition coefficient (Wildman–Crippen LogP) is 5.28. The van der Waals surface area contributed by atoms with Crippen LogP contribution in [-0.2, 0) is 11.2 Å². The summed E-state index contributed by atoms with van der Waals surface area (Å²) in [6, 6.07) is 19.9. The van der Waals surface area contributed by atoms with Gasteiger partial charge in [-0.1, -0.05) is 60.7 Å². The third kappa shape index (κ3) is 5.71. The van der Waals surface area contributed by atoms with Gasteiger partial charge in [0, 0.05) is 11.8 Å². The summed E-state index contributed by atoms with van der Waals surface area (Å²) < 4.78 is 5.44. The Bertz CT molecular complexity index is 883. The van der Waals surface area contributed by atoms with Gasteiger partial charge in [0.1, 0.15) is 11.4 Å². The first-order valence-corrected chi connectivity index (χ1v) is 9.55. The molecule has 5 nitrogen and oxygen atoms in total. The number of nitrogens with zero attached hydrogens (tertiary/aromatic N) is 1. The number of hydrogen-bond acceptors (Lipinski definition) is 3. The van der Waals surface area contributed by atoms with Crippen molar-refractivity contribution in [2.75, 3.05) is 0 Å². The van der Waals surface area contributed by atoms with Crippen LogP contribution in [0.25, 0.3) is 11.3 Å². The number of rotatable bonds is 6. The van der Waals surface area contributed by atoms with Gasteiger partial charge in [0.2, 0.25) is 0 Å². The largest absolute Gasteiger partial charge is 0.444 e. The lowest BCUT2D eigenvalue weighted by Gasteiger charge is -2.23. The summed E-state index contributed by atoms with van der Waals surface area (Å²) >= 11 is 0. The first kappa shape index (κ1) is 19.7. The van der Waals surface area contributed by atoms with Gasteiger partial charge in [-0.25, -0.2) is 9.78 Å². The van der Waals surface area contributed by atoms with Crippen molar-refractivity contribution < 1.29 is 9.53 Å². The van der Waals surface area contributed by atoms with Crippen molar-refractivity contribution in [2.45, 2.75) is 45.3 Å². The molecule has 0 bridgehead atoms. The molecule has 0 radical (unpaired) electrons. The summed E-state index contributed by atoms with van der Waals surface area (Å²) in [5.41, 5.74) is 2.55. The van der Waals surface area contributed by atoms with Gasteiger partial charge in [-0.15, -0.1) is 0 Å². The summed E-state index contributed by atoms with van der Waals surface area (Å²) in [4.78, 5) is 20.3. The Labute approximate surface area is 166 Å². The summed E-state index contributed by atoms with van der Waals surface area (Å²) in [5, 5.41) is 2.97. The molecule has 0 unspecified atom stereocenters. The van der Waals surface area contributed by atoms with Crippen LogP contribution in [0.3, 0.4) is 0 Å². The summed E-state index contributed by atoms with van der Waals surface area (Å²) in [6.07, 6.45) is 2.97. The zero-order valence-corrected chi connectivity index (χ0v) is 16.6. The molecule has 146 valence electrons. The molecule has 0 saturated carbocycles. The number of alkyl carbamates (subject to hydrolysis) is 1. The minimum Gasteiger partial charge on any atom is -0.444 e. The molecule has 28 heavy (non-hydrogen) atoms. The van der Waals surface area contributed by atoms with Crippen molar-refractivity contribution in [3.8, 4) is 11.3 Å². The van der Waals surface area contributed by atoms with Crippen molar-refractivity contribution in [1.82, 2.24) is 15.3 Å². The fraction of sp³-hybridized carbons (Fsp3) is 0.304. The highest BCUT2D eigenvalue weighted by Gasteiger charge is 2.22. The van der Waals surface area contributed by atoms with E-state index in [9.17, 15) is 4.79 Å². The summed E-state index contributed by atoms with van der Waals surface area (Å²) in [7, 11) is 0. The Hall–Kier alpha value is -3.08. The molecule has 3 aromatic rings. The highest BCUT2D eigenvalue weighted by molar-refractivity contribution is 5.68. The number of carbonyl (C=O) groups excluding carboxylic acids is 1. The number of imidazole rings is 1. The van der Waals surface area contributed by atoms with Gasteiger partial charge in [0.25, 0.3) is 0 Å². The van der Waals surface area contributed by atoms with Gasteiger partial charge >= 0.3 is 6.09 Å². The Kier molecular flexibility index (Phi) is 6.14. The van der Waals surface area contributed by atoms with E-state index in [1.54, 1.807) is 0 Å². The quantitative estimate of drug-likeness (QED) is 0.614. The molecule has 1 atom stereocenters. The number of H-pyrrole nitrogens is 1. The number of aromatic nitrogens is 2. The van der Waals surface area contributed by atoms with E-state index in [1.165, 1.54) is 5.56 Å². The number of aromatic amines is 1. The molecule has 1 aromatic heterocycles. The Morgan fingerprint density at radius 1 is 1.07 bits per heavy atom. The fourth-order valence-corrected chi connectivity index (χ4v) is 2.95. The summed E-state index contributed by atoms with van der Waals surface area (Å²) in [5.74, 6) is 0.723. The van der Waals surface area contributed by atoms with E-state index < -0.39 is 11.7 Å². The maximum atomic E-state index is 12.4. The number of amides is 1. The molecule has 2 N–H and O–H groups in total. The van der Waals surface area contributed by atoms with Crippen LogP contribution >= 0.6 is 0 Å². The topological polar surface area (TPSA) is 67.0 Å². The highest BCUT2D eigenvalue weighted by Crippen LogP contribution is 2.22. The molecular weight excluding hydrogens is 350 g/mol. The molecular formula is C23H27N3O2. The zero-order chi connectivity index (χ0) is 20.0. The molecule has 1 amide bonds. The number of hydrogen-bond donors (Lipinski definition) is 2. The van der Waals surface area contributed by atoms with Crippen LogP contribution in [-0.4, -0.2) is 21.7 Å². The minimum absolute atomic E-state index is 0.271. The molecule has 5 heteroatoms. The number of carbonyl (C=O) groups is 1. The lowest BCUT2D eigenvalue weighted by molar-refractivity contribution is 0.0498. The van der Waals surface area contributed by atoms with E-state index in [1.807, 2.05) is 75.5 Å². The third-order valence-electron chi connectivity index (χ3n) is 4.25. The van der Waals surface area contributed by atoms with E-state index in [2.05, 4.69) is 22.4 Å². The second-order valence-electron chi connectivity index (χ2n) is 7.76. The number of nitrogens with one attached hydrogen (secondary N) is 2. The fourth-order valence-electron chi connectivity index (χ4n) is 2.95. The first-order valence-electron chi connectivity index (χ1n) is 9.55. The van der Waals surface area contributed by atoms with Gasteiger partial charge in [-0.2, -0.15) is 0 Å². The molecule has 0 spiro atoms. The Morgan fingerprint density at radius 3 is 2.36 bits per heavy atom. The van der Waals surface area contributed by atoms with Gasteiger partial charge in [0.05, 0.1) is 11.7 Å². The highest BCUT2D eigenvalue weighted by atomic mass is 16.6. The second kappa shape index (κ2) is 8.74. The first-order chi connectivity index (χ1) is 13.4. The van der Waals surface area contributed by atoms with Crippen molar-refractivity contribution in [1.29, 1.82) is 0 Å². The molecule has 2 aromatic carbocycles. The van der Waals surface area contributed by atoms with Crippen LogP contribution in [0.15, 0.2) is 66.9 Å². The lowest BCUT2D eigenvalue weighted by atomic mass is 10.0. The van der Waals surface area contributed by atoms with Crippen molar-refractivity contribution in [3.63, 3.8) is 0 Å². The smallest absolute Gasteiger partial charge is 0.408 e. The minimum atomic E-state index is -0.549. The van der Waals surface area contributed by atoms with Gasteiger partial charge in [-0.05, 0) is 39.2 Å². The summed E-state index contributed by atoms with van der Waals surface area (Å²) in [6.45, 7) is 5.56. The maximum absolute atomic E-state index is 12.4. The Morgan fingerprint density at radius 2 is 1.71 bits per heavy atom. The molecule has 0 aliphatic heterocycles. The van der Waals surface area contributed by atoms with Gasteiger partial charge in [0.15, 0.2) is 0 Å². The standard InChI is InChI=1S/C23H27N3O2/c1-23(2,3)28-22(27)26-19(15-14-17-10-6-4-7-11-17)21-24-16-20(25-21)18-12-8-5-9-13-18/h4-13,16,19H,14-15H2,1-3H3,(H,24,25)(H,26,27)/t19-/m1/s1. The van der Waals surface area contributed by atoms with E-state index >= 15 is 0 Å². The molecule has 1 heterocycles. The molecule has 0 fully saturated rings. The van der Waals surface area contributed by atoms with Crippen LogP contribution in [0, 0.1) is 0 Å². The van der Waals surface area contributed by atoms with Crippen molar-refractivity contribution >= 4 is 6.09 Å². The zero-order valence-electron chi connectivity index (χ0n) is 16.6. The SMILES string of the molecule is CC(C)(C)OC(=O)N[C@H](CCc1ccccc1)c1nc(-c2ccccc2)c[nH]1. The normalized spacial score (nSPS) is 12.4. The predicted molar refractivity (Wildman–Crippen MR) is 111 cm³/mol. The van der Waals surface area contributed by atoms with E-state index in [-0.39, 0.29) is 6.04 Å². The van der Waals surface area contributed by atoms with E-state index in [0.29, 0.717) is 6.42 Å². The molecule has 0 aliphatic rings. The van der Waals surface area contributed by atoms with E-state index in [0.717, 1.165) is 23.5 Å². The van der Waals surface area contributed by atoms with Crippen molar-refractivity contribution in [3.05, 3.63) is 78.2 Å². The van der Waals surface area contributed by atoms with Crippen LogP contribution in [0.1, 0.15) is 44.6 Å². The van der Waals surface area contributed by atoms with Crippen molar-refractivity contribution in [2.24, 2.45) is 0 Å². The maximum Gasteiger partial charge on any atom is 0.408 e. The van der Waals surface area contributed by atoms with Crippen LogP contribution in [0.5, 0.6) is 0 Å². The molecule has 0 saturated heterocycles. The van der Waals surface area contributed by atoms with Crippen LogP contribution in [0.4, 0.5) is 4.79 Å². The van der Waals surface area contributed by atoms with Gasteiger partial charge < -0.3 is 15.0 Å². The number of aryl methyl sites for hydroxylation is 1. The number of ether oxygens (including phenoxy) is 1. The molecule has 3 rings (SSSR count). The van der Waals surface area contributed by atoms with Gasteiger partial charge in [-0.3, -0.25) is 0 Å². The average molecular weight is 377 g/mol. The third-order valence-corrected chi connectivity index (χ3v) is 4.25. The molecule has 0 aliphatic carbocycles. The number of benzene rings is 2. The Balaban J connectivity index is 1.77. The lowest BCUT2D eigenvalue weighted by Crippen LogP contribution is -2.35. The average Bonchev–Trinajstić information content (AvgIpc) is 3.15. The monoisotopic (exact) mass is 377 g/mol. The second-order valence-corrected chi connectivity index (χ2v) is 7.76.